The Hall–Kier alpha value is -1.88. The van der Waals surface area contributed by atoms with Gasteiger partial charge in [0.25, 0.3) is 5.91 Å². The summed E-state index contributed by atoms with van der Waals surface area (Å²) in [7, 11) is 1.58. The molecule has 0 unspecified atom stereocenters. The van der Waals surface area contributed by atoms with E-state index in [0.29, 0.717) is 17.6 Å². The molecule has 0 radical (unpaired) electrons. The van der Waals surface area contributed by atoms with Gasteiger partial charge in [-0.05, 0) is 12.1 Å². The van der Waals surface area contributed by atoms with Crippen LogP contribution in [-0.2, 0) is 4.79 Å². The summed E-state index contributed by atoms with van der Waals surface area (Å²) in [4.78, 5) is 23.6. The summed E-state index contributed by atoms with van der Waals surface area (Å²) >= 11 is 0. The van der Waals surface area contributed by atoms with E-state index >= 15 is 0 Å². The van der Waals surface area contributed by atoms with Gasteiger partial charge in [0.2, 0.25) is 0 Å². The molecule has 1 rings (SSSR count). The van der Waals surface area contributed by atoms with Gasteiger partial charge in [-0.3, -0.25) is 9.59 Å². The first-order valence-corrected chi connectivity index (χ1v) is 5.21. The maximum absolute atomic E-state index is 11.5. The lowest BCUT2D eigenvalue weighted by Crippen LogP contribution is -2.33. The Bertz CT molecular complexity index is 392. The lowest BCUT2D eigenvalue weighted by molar-refractivity contribution is -0.132. The van der Waals surface area contributed by atoms with Crippen LogP contribution in [0.4, 0.5) is 0 Å². The van der Waals surface area contributed by atoms with Gasteiger partial charge < -0.3 is 14.7 Å². The van der Waals surface area contributed by atoms with Crippen molar-refractivity contribution in [1.29, 1.82) is 0 Å². The number of aliphatic hydroxyl groups is 1. The second kappa shape index (κ2) is 6.65. The third kappa shape index (κ3) is 3.88. The predicted molar refractivity (Wildman–Crippen MR) is 62.0 cm³/mol. The van der Waals surface area contributed by atoms with Crippen molar-refractivity contribution in [3.63, 3.8) is 0 Å². The lowest BCUT2D eigenvalue weighted by atomic mass is 10.2. The molecule has 0 fully saturated rings. The second-order valence-electron chi connectivity index (χ2n) is 3.48. The molecular weight excluding hydrogens is 222 g/mol. The summed E-state index contributed by atoms with van der Waals surface area (Å²) in [5.74, 6) is 0.132. The van der Waals surface area contributed by atoms with Crippen molar-refractivity contribution in [2.45, 2.75) is 0 Å². The summed E-state index contributed by atoms with van der Waals surface area (Å²) < 4.78 is 5.25. The lowest BCUT2D eigenvalue weighted by Gasteiger charge is -2.16. The fourth-order valence-corrected chi connectivity index (χ4v) is 1.23. The van der Waals surface area contributed by atoms with E-state index in [1.54, 1.807) is 31.3 Å². The molecule has 5 nitrogen and oxygen atoms in total. The van der Waals surface area contributed by atoms with Gasteiger partial charge in [0, 0.05) is 13.6 Å². The fraction of sp³-hybridized carbons (Fsp3) is 0.333. The van der Waals surface area contributed by atoms with Gasteiger partial charge in [-0.2, -0.15) is 0 Å². The second-order valence-corrected chi connectivity index (χ2v) is 3.48. The van der Waals surface area contributed by atoms with Crippen LogP contribution in [0.25, 0.3) is 0 Å². The first-order valence-electron chi connectivity index (χ1n) is 5.21. The third-order valence-corrected chi connectivity index (χ3v) is 2.26. The number of carbonyl (C=O) groups excluding carboxylic acids is 2. The summed E-state index contributed by atoms with van der Waals surface area (Å²) in [5.41, 5.74) is 0.408. The van der Waals surface area contributed by atoms with E-state index in [-0.39, 0.29) is 25.7 Å². The zero-order chi connectivity index (χ0) is 12.7. The van der Waals surface area contributed by atoms with Crippen LogP contribution in [0.5, 0.6) is 5.75 Å². The number of likely N-dealkylation sites (N-methyl/N-ethyl adjacent to an activating group) is 1. The maximum atomic E-state index is 11.5. The zero-order valence-electron chi connectivity index (χ0n) is 9.63. The van der Waals surface area contributed by atoms with Gasteiger partial charge in [0.1, 0.15) is 5.75 Å². The molecule has 1 amide bonds. The number of hydrogen-bond donors (Lipinski definition) is 1. The van der Waals surface area contributed by atoms with E-state index in [4.69, 9.17) is 9.84 Å². The number of ether oxygens (including phenoxy) is 1. The largest absolute Gasteiger partial charge is 0.483 e. The number of aliphatic hydroxyl groups excluding tert-OH is 1. The number of nitrogens with zero attached hydrogens (tertiary/aromatic N) is 1. The maximum Gasteiger partial charge on any atom is 0.260 e. The SMILES string of the molecule is CN(CCO)C(=O)COc1ccccc1C=O. The number of hydrogen-bond acceptors (Lipinski definition) is 4. The van der Waals surface area contributed by atoms with Crippen molar-refractivity contribution in [1.82, 2.24) is 4.90 Å². The van der Waals surface area contributed by atoms with Crippen LogP contribution in [0.1, 0.15) is 10.4 Å². The third-order valence-electron chi connectivity index (χ3n) is 2.26. The Labute approximate surface area is 99.6 Å². The van der Waals surface area contributed by atoms with Gasteiger partial charge >= 0.3 is 0 Å². The monoisotopic (exact) mass is 237 g/mol. The average molecular weight is 237 g/mol. The molecule has 0 saturated carbocycles. The van der Waals surface area contributed by atoms with Gasteiger partial charge in [-0.1, -0.05) is 12.1 Å². The summed E-state index contributed by atoms with van der Waals surface area (Å²) in [5, 5.41) is 8.67. The Morgan fingerprint density at radius 1 is 1.47 bits per heavy atom. The van der Waals surface area contributed by atoms with Crippen LogP contribution < -0.4 is 4.74 Å². The van der Waals surface area contributed by atoms with Crippen molar-refractivity contribution in [2.24, 2.45) is 0 Å². The number of rotatable bonds is 6. The topological polar surface area (TPSA) is 66.8 Å². The summed E-state index contributed by atoms with van der Waals surface area (Å²) in [6, 6.07) is 6.69. The highest BCUT2D eigenvalue weighted by molar-refractivity contribution is 5.80. The molecule has 0 atom stereocenters. The molecular formula is C12H15NO4. The Morgan fingerprint density at radius 2 is 2.18 bits per heavy atom. The van der Waals surface area contributed by atoms with Crippen LogP contribution in [0.15, 0.2) is 24.3 Å². The van der Waals surface area contributed by atoms with Crippen molar-refractivity contribution in [3.05, 3.63) is 29.8 Å². The summed E-state index contributed by atoms with van der Waals surface area (Å²) in [6.07, 6.45) is 0.678. The molecule has 1 aromatic rings. The molecule has 0 spiro atoms. The van der Waals surface area contributed by atoms with Gasteiger partial charge in [0.05, 0.1) is 12.2 Å². The zero-order valence-corrected chi connectivity index (χ0v) is 9.63. The first kappa shape index (κ1) is 13.2. The van der Waals surface area contributed by atoms with Crippen molar-refractivity contribution in [3.8, 4) is 5.75 Å². The van der Waals surface area contributed by atoms with Crippen LogP contribution in [0.2, 0.25) is 0 Å². The normalized spacial score (nSPS) is 9.76. The average Bonchev–Trinajstić information content (AvgIpc) is 2.36. The van der Waals surface area contributed by atoms with E-state index in [2.05, 4.69) is 0 Å². The molecule has 0 aromatic heterocycles. The smallest absolute Gasteiger partial charge is 0.260 e. The molecule has 1 N–H and O–H groups in total. The molecule has 0 bridgehead atoms. The standard InChI is InChI=1S/C12H15NO4/c1-13(6-7-14)12(16)9-17-11-5-3-2-4-10(11)8-15/h2-5,8,14H,6-7,9H2,1H3. The number of aldehydes is 1. The molecule has 0 saturated heterocycles. The van der Waals surface area contributed by atoms with E-state index < -0.39 is 0 Å². The van der Waals surface area contributed by atoms with Crippen LogP contribution in [0, 0.1) is 0 Å². The number of benzene rings is 1. The highest BCUT2D eigenvalue weighted by Gasteiger charge is 2.10. The first-order chi connectivity index (χ1) is 8.19. The molecule has 1 aromatic carbocycles. The van der Waals surface area contributed by atoms with Crippen molar-refractivity contribution in [2.75, 3.05) is 26.8 Å². The molecule has 92 valence electrons. The van der Waals surface area contributed by atoms with E-state index in [9.17, 15) is 9.59 Å². The fourth-order valence-electron chi connectivity index (χ4n) is 1.23. The van der Waals surface area contributed by atoms with Crippen LogP contribution >= 0.6 is 0 Å². The van der Waals surface area contributed by atoms with Gasteiger partial charge in [-0.15, -0.1) is 0 Å². The quantitative estimate of drug-likeness (QED) is 0.724. The van der Waals surface area contributed by atoms with Crippen LogP contribution in [0.3, 0.4) is 0 Å². The Morgan fingerprint density at radius 3 is 2.82 bits per heavy atom. The van der Waals surface area contributed by atoms with E-state index in [0.717, 1.165) is 0 Å². The van der Waals surface area contributed by atoms with Crippen molar-refractivity contribution < 1.29 is 19.4 Å². The van der Waals surface area contributed by atoms with E-state index in [1.807, 2.05) is 0 Å². The minimum Gasteiger partial charge on any atom is -0.483 e. The molecule has 17 heavy (non-hydrogen) atoms. The van der Waals surface area contributed by atoms with Crippen LogP contribution in [-0.4, -0.2) is 49.0 Å². The number of amides is 1. The minimum absolute atomic E-state index is 0.0901. The molecule has 0 heterocycles. The number of para-hydroxylation sites is 1. The molecule has 0 aliphatic rings. The number of carbonyl (C=O) groups is 2. The molecule has 5 heteroatoms. The van der Waals surface area contributed by atoms with Gasteiger partial charge in [0.15, 0.2) is 12.9 Å². The predicted octanol–water partition coefficient (Wildman–Crippen LogP) is 0.329. The molecule has 0 aliphatic heterocycles. The van der Waals surface area contributed by atoms with E-state index in [1.165, 1.54) is 4.90 Å². The Balaban J connectivity index is 2.55. The highest BCUT2D eigenvalue weighted by Crippen LogP contribution is 2.15. The highest BCUT2D eigenvalue weighted by atomic mass is 16.5. The Kier molecular flexibility index (Phi) is 5.16. The molecule has 0 aliphatic carbocycles. The minimum atomic E-state index is -0.250. The van der Waals surface area contributed by atoms with Crippen molar-refractivity contribution >= 4 is 12.2 Å². The van der Waals surface area contributed by atoms with Gasteiger partial charge in [-0.25, -0.2) is 0 Å². The summed E-state index contributed by atoms with van der Waals surface area (Å²) in [6.45, 7) is 0.0199.